The molecule has 0 heterocycles. The number of halogens is 1. The van der Waals surface area contributed by atoms with Gasteiger partial charge in [0, 0.05) is 10.6 Å². The van der Waals surface area contributed by atoms with Crippen molar-refractivity contribution in [3.8, 4) is 5.75 Å². The second-order valence-corrected chi connectivity index (χ2v) is 5.29. The van der Waals surface area contributed by atoms with Gasteiger partial charge in [-0.05, 0) is 45.0 Å². The first-order chi connectivity index (χ1) is 7.87. The Kier molecular flexibility index (Phi) is 4.82. The van der Waals surface area contributed by atoms with Gasteiger partial charge in [-0.1, -0.05) is 11.6 Å². The average molecular weight is 256 g/mol. The molecule has 1 rings (SSSR count). The Morgan fingerprint density at radius 1 is 1.29 bits per heavy atom. The highest BCUT2D eigenvalue weighted by molar-refractivity contribution is 6.30. The minimum Gasteiger partial charge on any atom is -0.493 e. The molecule has 1 aromatic carbocycles. The summed E-state index contributed by atoms with van der Waals surface area (Å²) in [7, 11) is 0. The molecule has 0 aliphatic rings. The van der Waals surface area contributed by atoms with Crippen molar-refractivity contribution in [2.45, 2.75) is 32.7 Å². The molecule has 0 aliphatic heterocycles. The molecule has 0 saturated heterocycles. The lowest BCUT2D eigenvalue weighted by molar-refractivity contribution is -0.122. The van der Waals surface area contributed by atoms with E-state index in [2.05, 4.69) is 5.32 Å². The van der Waals surface area contributed by atoms with Crippen molar-refractivity contribution in [1.82, 2.24) is 5.32 Å². The van der Waals surface area contributed by atoms with Crippen molar-refractivity contribution in [2.75, 3.05) is 6.61 Å². The summed E-state index contributed by atoms with van der Waals surface area (Å²) in [6, 6.07) is 7.08. The summed E-state index contributed by atoms with van der Waals surface area (Å²) in [5.41, 5.74) is -0.197. The van der Waals surface area contributed by atoms with E-state index in [0.29, 0.717) is 18.1 Å². The van der Waals surface area contributed by atoms with Gasteiger partial charge in [-0.2, -0.15) is 0 Å². The summed E-state index contributed by atoms with van der Waals surface area (Å²) in [5.74, 6) is 0.712. The van der Waals surface area contributed by atoms with E-state index < -0.39 is 0 Å². The van der Waals surface area contributed by atoms with Gasteiger partial charge in [-0.25, -0.2) is 0 Å². The zero-order valence-corrected chi connectivity index (χ0v) is 11.2. The average Bonchev–Trinajstić information content (AvgIpc) is 2.18. The van der Waals surface area contributed by atoms with Crippen molar-refractivity contribution < 1.29 is 9.53 Å². The second kappa shape index (κ2) is 5.92. The number of amides is 1. The van der Waals surface area contributed by atoms with Crippen molar-refractivity contribution >= 4 is 17.5 Å². The molecule has 3 nitrogen and oxygen atoms in total. The Hall–Kier alpha value is -1.22. The van der Waals surface area contributed by atoms with Crippen LogP contribution in [0.2, 0.25) is 5.02 Å². The second-order valence-electron chi connectivity index (χ2n) is 4.85. The molecule has 0 atom stereocenters. The lowest BCUT2D eigenvalue weighted by atomic mass is 10.1. The van der Waals surface area contributed by atoms with Gasteiger partial charge in [0.2, 0.25) is 5.91 Å². The van der Waals surface area contributed by atoms with E-state index in [1.54, 1.807) is 24.3 Å². The highest BCUT2D eigenvalue weighted by Gasteiger charge is 2.13. The van der Waals surface area contributed by atoms with Gasteiger partial charge >= 0.3 is 0 Å². The summed E-state index contributed by atoms with van der Waals surface area (Å²) in [6.45, 7) is 6.21. The topological polar surface area (TPSA) is 38.3 Å². The lowest BCUT2D eigenvalue weighted by Gasteiger charge is -2.20. The van der Waals surface area contributed by atoms with E-state index in [-0.39, 0.29) is 11.4 Å². The highest BCUT2D eigenvalue weighted by atomic mass is 35.5. The molecule has 0 saturated carbocycles. The van der Waals surface area contributed by atoms with Gasteiger partial charge in [-0.3, -0.25) is 4.79 Å². The first kappa shape index (κ1) is 13.8. The molecule has 94 valence electrons. The zero-order chi connectivity index (χ0) is 12.9. The first-order valence-electron chi connectivity index (χ1n) is 5.56. The lowest BCUT2D eigenvalue weighted by Crippen LogP contribution is -2.41. The van der Waals surface area contributed by atoms with Crippen LogP contribution in [0.3, 0.4) is 0 Å². The van der Waals surface area contributed by atoms with Crippen molar-refractivity contribution in [1.29, 1.82) is 0 Å². The van der Waals surface area contributed by atoms with Gasteiger partial charge in [0.15, 0.2) is 0 Å². The van der Waals surface area contributed by atoms with Crippen molar-refractivity contribution in [3.05, 3.63) is 29.3 Å². The van der Waals surface area contributed by atoms with E-state index in [1.807, 2.05) is 20.8 Å². The summed E-state index contributed by atoms with van der Waals surface area (Å²) < 4.78 is 5.43. The molecule has 0 spiro atoms. The third kappa shape index (κ3) is 6.17. The maximum atomic E-state index is 11.5. The number of carbonyl (C=O) groups excluding carboxylic acids is 1. The molecule has 0 aromatic heterocycles. The zero-order valence-electron chi connectivity index (χ0n) is 10.4. The minimum absolute atomic E-state index is 0.00790. The first-order valence-corrected chi connectivity index (χ1v) is 5.94. The predicted octanol–water partition coefficient (Wildman–Crippen LogP) is 3.02. The molecule has 0 aliphatic carbocycles. The van der Waals surface area contributed by atoms with Gasteiger partial charge in [0.1, 0.15) is 5.75 Å². The Morgan fingerprint density at radius 2 is 1.88 bits per heavy atom. The maximum absolute atomic E-state index is 11.5. The fourth-order valence-electron chi connectivity index (χ4n) is 1.27. The molecule has 0 radical (unpaired) electrons. The van der Waals surface area contributed by atoms with Crippen molar-refractivity contribution in [2.24, 2.45) is 0 Å². The fourth-order valence-corrected chi connectivity index (χ4v) is 1.40. The van der Waals surface area contributed by atoms with Crippen LogP contribution in [0.1, 0.15) is 27.2 Å². The Labute approximate surface area is 107 Å². The molecule has 17 heavy (non-hydrogen) atoms. The smallest absolute Gasteiger partial charge is 0.223 e. The summed E-state index contributed by atoms with van der Waals surface area (Å²) in [5, 5.41) is 3.54. The molecule has 4 heteroatoms. The van der Waals surface area contributed by atoms with E-state index >= 15 is 0 Å². The van der Waals surface area contributed by atoms with E-state index in [9.17, 15) is 4.79 Å². The minimum atomic E-state index is -0.197. The molecule has 1 N–H and O–H groups in total. The molecule has 1 amide bonds. The Balaban J connectivity index is 2.28. The molecular weight excluding hydrogens is 238 g/mol. The number of benzene rings is 1. The van der Waals surface area contributed by atoms with E-state index in [0.717, 1.165) is 5.75 Å². The quantitative estimate of drug-likeness (QED) is 0.898. The van der Waals surface area contributed by atoms with Crippen LogP contribution in [-0.4, -0.2) is 18.1 Å². The van der Waals surface area contributed by atoms with Gasteiger partial charge in [-0.15, -0.1) is 0 Å². The van der Waals surface area contributed by atoms with Crippen molar-refractivity contribution in [3.63, 3.8) is 0 Å². The van der Waals surface area contributed by atoms with Crippen LogP contribution in [0.25, 0.3) is 0 Å². The third-order valence-electron chi connectivity index (χ3n) is 1.93. The monoisotopic (exact) mass is 255 g/mol. The number of hydrogen-bond acceptors (Lipinski definition) is 2. The maximum Gasteiger partial charge on any atom is 0.223 e. The highest BCUT2D eigenvalue weighted by Crippen LogP contribution is 2.15. The van der Waals surface area contributed by atoms with Crippen LogP contribution in [-0.2, 0) is 4.79 Å². The summed E-state index contributed by atoms with van der Waals surface area (Å²) in [6.07, 6.45) is 0.347. The van der Waals surface area contributed by atoms with Crippen LogP contribution in [0.4, 0.5) is 0 Å². The van der Waals surface area contributed by atoms with Crippen LogP contribution in [0, 0.1) is 0 Å². The number of ether oxygens (including phenoxy) is 1. The van der Waals surface area contributed by atoms with Crippen LogP contribution >= 0.6 is 11.6 Å². The van der Waals surface area contributed by atoms with E-state index in [1.165, 1.54) is 0 Å². The predicted molar refractivity (Wildman–Crippen MR) is 69.5 cm³/mol. The SMILES string of the molecule is CC(C)(C)NC(=O)CCOc1ccc(Cl)cc1. The molecule has 0 bridgehead atoms. The standard InChI is InChI=1S/C13H18ClNO2/c1-13(2,3)15-12(16)8-9-17-11-6-4-10(14)5-7-11/h4-7H,8-9H2,1-3H3,(H,15,16). The summed E-state index contributed by atoms with van der Waals surface area (Å²) >= 11 is 5.75. The van der Waals surface area contributed by atoms with Crippen LogP contribution < -0.4 is 10.1 Å². The third-order valence-corrected chi connectivity index (χ3v) is 2.18. The number of rotatable bonds is 4. The summed E-state index contributed by atoms with van der Waals surface area (Å²) in [4.78, 5) is 11.5. The van der Waals surface area contributed by atoms with E-state index in [4.69, 9.17) is 16.3 Å². The van der Waals surface area contributed by atoms with Crippen LogP contribution in [0.5, 0.6) is 5.75 Å². The molecule has 0 unspecified atom stereocenters. The van der Waals surface area contributed by atoms with Gasteiger partial charge < -0.3 is 10.1 Å². The molecular formula is C13H18ClNO2. The number of carbonyl (C=O) groups is 1. The van der Waals surface area contributed by atoms with Gasteiger partial charge in [0.05, 0.1) is 13.0 Å². The van der Waals surface area contributed by atoms with Crippen LogP contribution in [0.15, 0.2) is 24.3 Å². The van der Waals surface area contributed by atoms with Gasteiger partial charge in [0.25, 0.3) is 0 Å². The fraction of sp³-hybridized carbons (Fsp3) is 0.462. The largest absolute Gasteiger partial charge is 0.493 e. The normalized spacial score (nSPS) is 11.1. The number of hydrogen-bond donors (Lipinski definition) is 1. The Bertz CT molecular complexity index is 368. The number of nitrogens with one attached hydrogen (secondary N) is 1. The molecule has 0 fully saturated rings. The molecule has 1 aromatic rings. The Morgan fingerprint density at radius 3 is 2.41 bits per heavy atom.